The maximum Gasteiger partial charge on any atom is 0.231 e. The number of allylic oxidation sites excluding steroid dienone is 1. The zero-order valence-corrected chi connectivity index (χ0v) is 17.9. The molecular formula is C23H30N6O. The van der Waals surface area contributed by atoms with Crippen LogP contribution in [-0.2, 0) is 0 Å². The molecule has 1 aliphatic heterocycles. The number of aromatic nitrogens is 4. The maximum absolute atomic E-state index is 6.11. The lowest BCUT2D eigenvalue weighted by atomic mass is 10.1. The average molecular weight is 407 g/mol. The lowest BCUT2D eigenvalue weighted by Gasteiger charge is -2.22. The summed E-state index contributed by atoms with van der Waals surface area (Å²) in [5.41, 5.74) is 9.37. The molecule has 7 heteroatoms. The van der Waals surface area contributed by atoms with Crippen molar-refractivity contribution < 1.29 is 4.42 Å². The number of pyridine rings is 1. The van der Waals surface area contributed by atoms with Gasteiger partial charge < -0.3 is 15.5 Å². The molecule has 3 aromatic rings. The van der Waals surface area contributed by atoms with E-state index >= 15 is 0 Å². The number of anilines is 1. The monoisotopic (exact) mass is 406 g/mol. The van der Waals surface area contributed by atoms with Crippen LogP contribution in [0.25, 0.3) is 34.7 Å². The molecule has 0 saturated carbocycles. The predicted octanol–water partition coefficient (Wildman–Crippen LogP) is 4.81. The van der Waals surface area contributed by atoms with Crippen LogP contribution < -0.4 is 11.1 Å². The highest BCUT2D eigenvalue weighted by atomic mass is 16.4. The first-order valence-corrected chi connectivity index (χ1v) is 10.5. The quantitative estimate of drug-likeness (QED) is 0.631. The third-order valence-corrected chi connectivity index (χ3v) is 4.96. The van der Waals surface area contributed by atoms with Gasteiger partial charge in [-0.1, -0.05) is 26.5 Å². The van der Waals surface area contributed by atoms with Crippen LogP contribution in [0, 0.1) is 0 Å². The molecule has 158 valence electrons. The zero-order valence-electron chi connectivity index (χ0n) is 17.9. The predicted molar refractivity (Wildman–Crippen MR) is 123 cm³/mol. The van der Waals surface area contributed by atoms with E-state index in [4.69, 9.17) is 10.2 Å². The van der Waals surface area contributed by atoms with Crippen LogP contribution in [0.15, 0.2) is 41.7 Å². The molecule has 0 atom stereocenters. The van der Waals surface area contributed by atoms with Gasteiger partial charge in [-0.25, -0.2) is 9.97 Å². The fraction of sp³-hybridized carbons (Fsp3) is 0.348. The number of hydrogen-bond acceptors (Lipinski definition) is 6. The Hall–Kier alpha value is -3.19. The van der Waals surface area contributed by atoms with Crippen LogP contribution in [0.5, 0.6) is 0 Å². The molecule has 0 amide bonds. The summed E-state index contributed by atoms with van der Waals surface area (Å²) >= 11 is 0. The van der Waals surface area contributed by atoms with Crippen molar-refractivity contribution in [3.8, 4) is 22.6 Å². The van der Waals surface area contributed by atoms with Gasteiger partial charge in [0.05, 0.1) is 17.8 Å². The summed E-state index contributed by atoms with van der Waals surface area (Å²) in [5.74, 6) is 1.45. The van der Waals surface area contributed by atoms with E-state index in [0.717, 1.165) is 37.1 Å². The first-order chi connectivity index (χ1) is 14.7. The van der Waals surface area contributed by atoms with Crippen molar-refractivity contribution in [2.24, 2.45) is 0 Å². The van der Waals surface area contributed by atoms with E-state index in [9.17, 15) is 0 Å². The Labute approximate surface area is 177 Å². The number of hydrogen-bond donors (Lipinski definition) is 2. The van der Waals surface area contributed by atoms with E-state index in [0.29, 0.717) is 34.8 Å². The van der Waals surface area contributed by atoms with Crippen molar-refractivity contribution in [3.63, 3.8) is 0 Å². The highest BCUT2D eigenvalue weighted by Crippen LogP contribution is 2.31. The van der Waals surface area contributed by atoms with Crippen molar-refractivity contribution >= 4 is 18.0 Å². The van der Waals surface area contributed by atoms with Crippen molar-refractivity contribution in [1.29, 1.82) is 0 Å². The van der Waals surface area contributed by atoms with Gasteiger partial charge >= 0.3 is 0 Å². The third-order valence-electron chi connectivity index (χ3n) is 4.96. The van der Waals surface area contributed by atoms with Crippen molar-refractivity contribution in [2.45, 2.75) is 39.7 Å². The molecule has 0 bridgehead atoms. The second-order valence-electron chi connectivity index (χ2n) is 6.82. The molecule has 0 aliphatic carbocycles. The van der Waals surface area contributed by atoms with Crippen LogP contribution in [0.4, 0.5) is 5.82 Å². The fourth-order valence-corrected chi connectivity index (χ4v) is 3.44. The van der Waals surface area contributed by atoms with E-state index in [1.807, 2.05) is 45.2 Å². The molecule has 1 aliphatic rings. The van der Waals surface area contributed by atoms with E-state index in [1.165, 1.54) is 0 Å². The van der Waals surface area contributed by atoms with Gasteiger partial charge in [-0.3, -0.25) is 4.68 Å². The van der Waals surface area contributed by atoms with Gasteiger partial charge in [0.1, 0.15) is 11.5 Å². The lowest BCUT2D eigenvalue weighted by molar-refractivity contribution is 0.343. The Kier molecular flexibility index (Phi) is 7.19. The molecule has 4 heterocycles. The van der Waals surface area contributed by atoms with Crippen molar-refractivity contribution in [1.82, 2.24) is 25.1 Å². The Morgan fingerprint density at radius 3 is 2.70 bits per heavy atom. The topological polar surface area (TPSA) is 94.8 Å². The maximum atomic E-state index is 6.11. The van der Waals surface area contributed by atoms with E-state index in [1.54, 1.807) is 12.3 Å². The molecular weight excluding hydrogens is 376 g/mol. The van der Waals surface area contributed by atoms with Gasteiger partial charge in [-0.05, 0) is 51.1 Å². The molecule has 3 N–H and O–H groups in total. The summed E-state index contributed by atoms with van der Waals surface area (Å²) in [6, 6.07) is 2.38. The Balaban J connectivity index is 0.00000124. The number of nitrogen functional groups attached to an aromatic ring is 1. The van der Waals surface area contributed by atoms with Crippen LogP contribution >= 0.6 is 0 Å². The average Bonchev–Trinajstić information content (AvgIpc) is 3.44. The molecule has 1 fully saturated rings. The first kappa shape index (κ1) is 21.5. The third kappa shape index (κ3) is 4.52. The minimum absolute atomic E-state index is 0.374. The van der Waals surface area contributed by atoms with Crippen molar-refractivity contribution in [3.05, 3.63) is 48.8 Å². The molecule has 3 aromatic heterocycles. The molecule has 4 rings (SSSR count). The Bertz CT molecular complexity index is 1010. The van der Waals surface area contributed by atoms with Gasteiger partial charge in [0.2, 0.25) is 5.89 Å². The highest BCUT2D eigenvalue weighted by Gasteiger charge is 2.18. The Morgan fingerprint density at radius 1 is 1.23 bits per heavy atom. The summed E-state index contributed by atoms with van der Waals surface area (Å²) in [4.78, 5) is 8.86. The van der Waals surface area contributed by atoms with Gasteiger partial charge in [0, 0.05) is 23.5 Å². The normalized spacial score (nSPS) is 14.5. The SMILES string of the molecule is C=Cc1nc(-c2cc(-c3cnn(C4CCNCC4)c3)cnc2N)oc1/C=C\C.CC. The summed E-state index contributed by atoms with van der Waals surface area (Å²) in [5, 5.41) is 7.95. The van der Waals surface area contributed by atoms with E-state index in [2.05, 4.69) is 37.8 Å². The summed E-state index contributed by atoms with van der Waals surface area (Å²) in [6.45, 7) is 11.8. The second kappa shape index (κ2) is 10.0. The molecule has 30 heavy (non-hydrogen) atoms. The van der Waals surface area contributed by atoms with E-state index < -0.39 is 0 Å². The molecule has 1 saturated heterocycles. The molecule has 0 spiro atoms. The molecule has 0 radical (unpaired) electrons. The standard InChI is InChI=1S/C21H24N6O.C2H6/c1-3-5-19-18(4-2)26-21(28-19)17-10-14(11-24-20(17)22)15-12-25-27(13-15)16-6-8-23-9-7-16;1-2/h3-5,10-13,16,23H,2,6-9H2,1H3,(H2,22,24);1-2H3/b5-3-;. The number of rotatable bonds is 5. The van der Waals surface area contributed by atoms with Gasteiger partial charge in [0.15, 0.2) is 5.76 Å². The molecule has 7 nitrogen and oxygen atoms in total. The summed E-state index contributed by atoms with van der Waals surface area (Å²) in [7, 11) is 0. The first-order valence-electron chi connectivity index (χ1n) is 10.5. The molecule has 0 aromatic carbocycles. The van der Waals surface area contributed by atoms with Gasteiger partial charge in [-0.15, -0.1) is 0 Å². The van der Waals surface area contributed by atoms with Gasteiger partial charge in [-0.2, -0.15) is 5.10 Å². The zero-order chi connectivity index (χ0) is 21.5. The van der Waals surface area contributed by atoms with Crippen LogP contribution in [0.2, 0.25) is 0 Å². The minimum atomic E-state index is 0.374. The Morgan fingerprint density at radius 2 is 2.00 bits per heavy atom. The number of nitrogens with one attached hydrogen (secondary N) is 1. The largest absolute Gasteiger partial charge is 0.436 e. The molecule has 0 unspecified atom stereocenters. The fourth-order valence-electron chi connectivity index (χ4n) is 3.44. The smallest absolute Gasteiger partial charge is 0.231 e. The second-order valence-corrected chi connectivity index (χ2v) is 6.82. The number of nitrogens with zero attached hydrogens (tertiary/aromatic N) is 4. The number of nitrogens with two attached hydrogens (primary N) is 1. The van der Waals surface area contributed by atoms with Crippen LogP contribution in [0.3, 0.4) is 0 Å². The number of piperidine rings is 1. The van der Waals surface area contributed by atoms with E-state index in [-0.39, 0.29) is 0 Å². The number of oxazole rings is 1. The van der Waals surface area contributed by atoms with Crippen molar-refractivity contribution in [2.75, 3.05) is 18.8 Å². The summed E-state index contributed by atoms with van der Waals surface area (Å²) in [6.07, 6.45) is 13.3. The highest BCUT2D eigenvalue weighted by molar-refractivity contribution is 5.76. The van der Waals surface area contributed by atoms with Crippen LogP contribution in [0.1, 0.15) is 51.1 Å². The minimum Gasteiger partial charge on any atom is -0.436 e. The lowest BCUT2D eigenvalue weighted by Crippen LogP contribution is -2.29. The van der Waals surface area contributed by atoms with Gasteiger partial charge in [0.25, 0.3) is 0 Å². The van der Waals surface area contributed by atoms with Crippen LogP contribution in [-0.4, -0.2) is 32.8 Å². The summed E-state index contributed by atoms with van der Waals surface area (Å²) < 4.78 is 7.94.